The van der Waals surface area contributed by atoms with Crippen LogP contribution in [0.5, 0.6) is 11.5 Å². The average Bonchev–Trinajstić information content (AvgIpc) is 3.03. The first kappa shape index (κ1) is 24.0. The van der Waals surface area contributed by atoms with Crippen molar-refractivity contribution in [2.45, 2.75) is 64.9 Å². The number of para-hydroxylation sites is 1. The van der Waals surface area contributed by atoms with Crippen LogP contribution in [0.3, 0.4) is 0 Å². The summed E-state index contributed by atoms with van der Waals surface area (Å²) in [5.41, 5.74) is 0.550. The van der Waals surface area contributed by atoms with Gasteiger partial charge in [0.1, 0.15) is 5.60 Å². The predicted molar refractivity (Wildman–Crippen MR) is 115 cm³/mol. The van der Waals surface area contributed by atoms with Gasteiger partial charge in [0.05, 0.1) is 6.61 Å². The summed E-state index contributed by atoms with van der Waals surface area (Å²) in [7, 11) is 2.60. The molecule has 2 amide bonds. The molecule has 0 radical (unpaired) electrons. The van der Waals surface area contributed by atoms with Crippen molar-refractivity contribution in [1.29, 1.82) is 0 Å². The normalized spacial score (nSPS) is 15.0. The minimum atomic E-state index is -2.09. The van der Waals surface area contributed by atoms with Gasteiger partial charge in [-0.1, -0.05) is 44.7 Å². The van der Waals surface area contributed by atoms with E-state index in [1.807, 2.05) is 19.9 Å². The Labute approximate surface area is 181 Å². The lowest BCUT2D eigenvalue weighted by atomic mass is 10.0. The van der Waals surface area contributed by atoms with Gasteiger partial charge in [-0.2, -0.15) is 0 Å². The number of hydrogen-bond donors (Lipinski definition) is 0. The Morgan fingerprint density at radius 1 is 1.10 bits per heavy atom. The third-order valence-corrected chi connectivity index (χ3v) is 5.94. The molecule has 1 aromatic rings. The van der Waals surface area contributed by atoms with Crippen LogP contribution in [0.25, 0.3) is 0 Å². The molecule has 0 saturated carbocycles. The van der Waals surface area contributed by atoms with Crippen LogP contribution in [0.15, 0.2) is 18.2 Å². The highest BCUT2D eigenvalue weighted by Gasteiger charge is 2.34. The van der Waals surface area contributed by atoms with Gasteiger partial charge in [0.2, 0.25) is 11.2 Å². The summed E-state index contributed by atoms with van der Waals surface area (Å²) in [6, 6.07) is 5.30. The molecule has 1 aliphatic rings. The lowest BCUT2D eigenvalue weighted by Crippen LogP contribution is -2.42. The molecule has 1 unspecified atom stereocenters. The van der Waals surface area contributed by atoms with E-state index in [-0.39, 0.29) is 18.0 Å². The molecular weight excluding hydrogens is 408 g/mol. The Bertz CT molecular complexity index is 783. The Kier molecular flexibility index (Phi) is 8.52. The first-order chi connectivity index (χ1) is 14.2. The lowest BCUT2D eigenvalue weighted by Gasteiger charge is -2.22. The molecule has 8 nitrogen and oxygen atoms in total. The van der Waals surface area contributed by atoms with E-state index in [4.69, 9.17) is 14.2 Å². The minimum absolute atomic E-state index is 0.252. The summed E-state index contributed by atoms with van der Waals surface area (Å²) in [6.45, 7) is 6.28. The second-order valence-electron chi connectivity index (χ2n) is 7.91. The smallest absolute Gasteiger partial charge is 0.428 e. The van der Waals surface area contributed by atoms with Gasteiger partial charge < -0.3 is 14.2 Å². The summed E-state index contributed by atoms with van der Waals surface area (Å²) in [6.07, 6.45) is 4.18. The number of ether oxygens (including phenoxy) is 3. The van der Waals surface area contributed by atoms with E-state index in [0.29, 0.717) is 12.2 Å². The molecule has 0 aromatic heterocycles. The SMILES string of the molecule is CCCCCCCOC(=O)N(C)S(=O)N(C)C(=O)Oc1cccc2c1OC(C)(C)C2. The molecule has 1 aromatic carbocycles. The number of rotatable bonds is 9. The summed E-state index contributed by atoms with van der Waals surface area (Å²) < 4.78 is 30.7. The second-order valence-corrected chi connectivity index (χ2v) is 9.46. The van der Waals surface area contributed by atoms with Gasteiger partial charge in [0, 0.05) is 26.1 Å². The zero-order valence-corrected chi connectivity index (χ0v) is 19.3. The molecule has 1 aliphatic heterocycles. The standard InChI is InChI=1S/C21H32N2O6S/c1-6-7-8-9-10-14-27-19(24)22(4)30(26)23(5)20(25)28-17-13-11-12-16-15-21(2,3)29-18(16)17/h11-13H,6-10,14-15H2,1-5H3. The first-order valence-electron chi connectivity index (χ1n) is 10.2. The molecule has 0 bridgehead atoms. The lowest BCUT2D eigenvalue weighted by molar-refractivity contribution is 0.127. The van der Waals surface area contributed by atoms with Crippen LogP contribution in [0, 0.1) is 0 Å². The third-order valence-electron chi connectivity index (χ3n) is 4.71. The summed E-state index contributed by atoms with van der Waals surface area (Å²) in [5.74, 6) is 0.759. The molecule has 1 heterocycles. The predicted octanol–water partition coefficient (Wildman–Crippen LogP) is 4.45. The molecule has 0 spiro atoms. The first-order valence-corrected chi connectivity index (χ1v) is 11.3. The van der Waals surface area contributed by atoms with E-state index < -0.39 is 23.4 Å². The van der Waals surface area contributed by atoms with Crippen LogP contribution < -0.4 is 9.47 Å². The topological polar surface area (TPSA) is 85.4 Å². The maximum Gasteiger partial charge on any atom is 0.428 e. The van der Waals surface area contributed by atoms with Crippen LogP contribution in [-0.2, 0) is 22.3 Å². The van der Waals surface area contributed by atoms with Crippen molar-refractivity contribution in [3.63, 3.8) is 0 Å². The van der Waals surface area contributed by atoms with Crippen molar-refractivity contribution in [3.8, 4) is 11.5 Å². The summed E-state index contributed by atoms with van der Waals surface area (Å²) >= 11 is -2.09. The minimum Gasteiger partial charge on any atom is -0.483 e. The quantitative estimate of drug-likeness (QED) is 0.528. The highest BCUT2D eigenvalue weighted by atomic mass is 32.2. The Balaban J connectivity index is 1.88. The van der Waals surface area contributed by atoms with Crippen LogP contribution in [0.2, 0.25) is 0 Å². The number of nitrogens with zero attached hydrogens (tertiary/aromatic N) is 2. The molecule has 2 rings (SSSR count). The summed E-state index contributed by atoms with van der Waals surface area (Å²) in [4.78, 5) is 24.6. The van der Waals surface area contributed by atoms with E-state index in [2.05, 4.69) is 6.92 Å². The monoisotopic (exact) mass is 440 g/mol. The van der Waals surface area contributed by atoms with Gasteiger partial charge in [-0.15, -0.1) is 0 Å². The molecule has 9 heteroatoms. The number of amides is 2. The molecule has 0 N–H and O–H groups in total. The highest BCUT2D eigenvalue weighted by Crippen LogP contribution is 2.41. The molecule has 0 aliphatic carbocycles. The fourth-order valence-electron chi connectivity index (χ4n) is 3.09. The van der Waals surface area contributed by atoms with Gasteiger partial charge in [-0.3, -0.25) is 0 Å². The van der Waals surface area contributed by atoms with Crippen molar-refractivity contribution in [2.75, 3.05) is 20.7 Å². The van der Waals surface area contributed by atoms with Crippen LogP contribution in [-0.4, -0.2) is 51.3 Å². The molecule has 1 atom stereocenters. The number of benzene rings is 1. The van der Waals surface area contributed by atoms with Crippen LogP contribution in [0.1, 0.15) is 58.4 Å². The van der Waals surface area contributed by atoms with Crippen molar-refractivity contribution < 1.29 is 28.0 Å². The second kappa shape index (κ2) is 10.7. The molecule has 0 saturated heterocycles. The number of unbranched alkanes of at least 4 members (excludes halogenated alkanes) is 4. The number of hydrogen-bond acceptors (Lipinski definition) is 6. The number of carbonyl (C=O) groups is 2. The Hall–Kier alpha value is -2.29. The number of carbonyl (C=O) groups excluding carboxylic acids is 2. The van der Waals surface area contributed by atoms with Crippen LogP contribution in [0.4, 0.5) is 9.59 Å². The maximum absolute atomic E-state index is 12.6. The summed E-state index contributed by atoms with van der Waals surface area (Å²) in [5, 5.41) is 0. The van der Waals surface area contributed by atoms with Gasteiger partial charge in [-0.25, -0.2) is 22.4 Å². The zero-order valence-electron chi connectivity index (χ0n) is 18.4. The van der Waals surface area contributed by atoms with E-state index in [9.17, 15) is 13.8 Å². The van der Waals surface area contributed by atoms with Crippen molar-refractivity contribution in [3.05, 3.63) is 23.8 Å². The Morgan fingerprint density at radius 3 is 2.47 bits per heavy atom. The van der Waals surface area contributed by atoms with E-state index in [1.165, 1.54) is 14.1 Å². The van der Waals surface area contributed by atoms with Gasteiger partial charge in [-0.05, 0) is 26.3 Å². The largest absolute Gasteiger partial charge is 0.483 e. The fraction of sp³-hybridized carbons (Fsp3) is 0.619. The molecular formula is C21H32N2O6S. The number of fused-ring (bicyclic) bond motifs is 1. The van der Waals surface area contributed by atoms with Crippen molar-refractivity contribution in [1.82, 2.24) is 8.61 Å². The Morgan fingerprint density at radius 2 is 1.77 bits per heavy atom. The third kappa shape index (κ3) is 6.35. The van der Waals surface area contributed by atoms with Gasteiger partial charge in [0.25, 0.3) is 0 Å². The average molecular weight is 441 g/mol. The van der Waals surface area contributed by atoms with Crippen molar-refractivity contribution >= 4 is 23.4 Å². The fourth-order valence-corrected chi connectivity index (χ4v) is 3.81. The van der Waals surface area contributed by atoms with Gasteiger partial charge in [0.15, 0.2) is 11.5 Å². The van der Waals surface area contributed by atoms with Gasteiger partial charge >= 0.3 is 12.2 Å². The van der Waals surface area contributed by atoms with Crippen LogP contribution >= 0.6 is 0 Å². The zero-order chi connectivity index (χ0) is 22.3. The maximum atomic E-state index is 12.6. The molecule has 30 heavy (non-hydrogen) atoms. The molecule has 168 valence electrons. The van der Waals surface area contributed by atoms with E-state index in [0.717, 1.165) is 46.3 Å². The van der Waals surface area contributed by atoms with E-state index in [1.54, 1.807) is 12.1 Å². The van der Waals surface area contributed by atoms with E-state index >= 15 is 0 Å². The van der Waals surface area contributed by atoms with Crippen molar-refractivity contribution in [2.24, 2.45) is 0 Å². The molecule has 0 fully saturated rings. The highest BCUT2D eigenvalue weighted by molar-refractivity contribution is 7.81.